The van der Waals surface area contributed by atoms with Gasteiger partial charge >= 0.3 is 0 Å². The molecule has 2 aromatic heterocycles. The predicted octanol–water partition coefficient (Wildman–Crippen LogP) is 2.72. The van der Waals surface area contributed by atoms with E-state index in [0.717, 1.165) is 5.69 Å². The van der Waals surface area contributed by atoms with Gasteiger partial charge in [-0.15, -0.1) is 0 Å². The Labute approximate surface area is 110 Å². The van der Waals surface area contributed by atoms with Gasteiger partial charge in [0.25, 0.3) is 5.91 Å². The Morgan fingerprint density at radius 2 is 2.17 bits per heavy atom. The molecule has 18 heavy (non-hydrogen) atoms. The van der Waals surface area contributed by atoms with Crippen LogP contribution in [-0.4, -0.2) is 22.9 Å². The highest BCUT2D eigenvalue weighted by Gasteiger charge is 2.17. The third-order valence-electron chi connectivity index (χ3n) is 2.56. The molecular formula is C13H12ClN3O. The maximum absolute atomic E-state index is 12.3. The third-order valence-corrected chi connectivity index (χ3v) is 2.87. The van der Waals surface area contributed by atoms with Crippen LogP contribution >= 0.6 is 11.6 Å². The minimum absolute atomic E-state index is 0.208. The number of hydrogen-bond acceptors (Lipinski definition) is 3. The second-order valence-electron chi connectivity index (χ2n) is 3.88. The highest BCUT2D eigenvalue weighted by Crippen LogP contribution is 2.20. The van der Waals surface area contributed by atoms with Crippen LogP contribution in [0.2, 0.25) is 5.02 Å². The fourth-order valence-electron chi connectivity index (χ4n) is 1.53. The number of rotatable bonds is 2. The van der Waals surface area contributed by atoms with Crippen molar-refractivity contribution in [2.45, 2.75) is 6.92 Å². The first kappa shape index (κ1) is 12.5. The minimum Gasteiger partial charge on any atom is -0.310 e. The molecule has 0 aromatic carbocycles. The van der Waals surface area contributed by atoms with Crippen LogP contribution in [0, 0.1) is 6.92 Å². The van der Waals surface area contributed by atoms with Crippen LogP contribution in [0.15, 0.2) is 36.8 Å². The summed E-state index contributed by atoms with van der Waals surface area (Å²) in [6, 6.07) is 5.25. The number of anilines is 1. The monoisotopic (exact) mass is 261 g/mol. The van der Waals surface area contributed by atoms with Gasteiger partial charge in [-0.1, -0.05) is 11.6 Å². The predicted molar refractivity (Wildman–Crippen MR) is 71.0 cm³/mol. The van der Waals surface area contributed by atoms with Crippen molar-refractivity contribution in [3.63, 3.8) is 0 Å². The number of halogens is 1. The van der Waals surface area contributed by atoms with E-state index in [1.54, 1.807) is 37.6 Å². The summed E-state index contributed by atoms with van der Waals surface area (Å²) >= 11 is 6.05. The van der Waals surface area contributed by atoms with Gasteiger partial charge in [0.05, 0.1) is 22.5 Å². The van der Waals surface area contributed by atoms with Crippen LogP contribution in [0.1, 0.15) is 16.1 Å². The van der Waals surface area contributed by atoms with Gasteiger partial charge in [0, 0.05) is 25.1 Å². The lowest BCUT2D eigenvalue weighted by molar-refractivity contribution is 0.0992. The van der Waals surface area contributed by atoms with Gasteiger partial charge in [-0.25, -0.2) is 0 Å². The Hall–Kier alpha value is -1.94. The maximum atomic E-state index is 12.3. The molecule has 0 fully saturated rings. The molecule has 0 spiro atoms. The lowest BCUT2D eigenvalue weighted by atomic mass is 10.2. The van der Waals surface area contributed by atoms with Crippen molar-refractivity contribution in [1.82, 2.24) is 9.97 Å². The normalized spacial score (nSPS) is 10.2. The van der Waals surface area contributed by atoms with Crippen molar-refractivity contribution in [2.75, 3.05) is 11.9 Å². The molecule has 1 amide bonds. The van der Waals surface area contributed by atoms with Gasteiger partial charge in [-0.2, -0.15) is 0 Å². The van der Waals surface area contributed by atoms with Gasteiger partial charge in [0.15, 0.2) is 0 Å². The Morgan fingerprint density at radius 1 is 1.39 bits per heavy atom. The Kier molecular flexibility index (Phi) is 3.58. The molecule has 0 N–H and O–H groups in total. The molecule has 0 aliphatic rings. The molecule has 0 aliphatic heterocycles. The highest BCUT2D eigenvalue weighted by atomic mass is 35.5. The van der Waals surface area contributed by atoms with Crippen LogP contribution in [0.3, 0.4) is 0 Å². The van der Waals surface area contributed by atoms with E-state index >= 15 is 0 Å². The molecule has 2 aromatic rings. The second-order valence-corrected chi connectivity index (χ2v) is 4.29. The average molecular weight is 262 g/mol. The molecule has 0 radical (unpaired) electrons. The fraction of sp³-hybridized carbons (Fsp3) is 0.154. The van der Waals surface area contributed by atoms with Gasteiger partial charge in [-0.3, -0.25) is 14.8 Å². The first-order valence-electron chi connectivity index (χ1n) is 5.40. The molecule has 4 nitrogen and oxygen atoms in total. The summed E-state index contributed by atoms with van der Waals surface area (Å²) in [6.07, 6.45) is 4.77. The summed E-state index contributed by atoms with van der Waals surface area (Å²) in [5.41, 5.74) is 1.87. The first-order valence-corrected chi connectivity index (χ1v) is 5.77. The summed E-state index contributed by atoms with van der Waals surface area (Å²) in [5, 5.41) is 0.406. The number of aryl methyl sites for hydroxylation is 1. The number of amides is 1. The van der Waals surface area contributed by atoms with E-state index in [1.807, 2.05) is 6.92 Å². The third kappa shape index (κ3) is 2.49. The van der Waals surface area contributed by atoms with E-state index in [2.05, 4.69) is 9.97 Å². The van der Waals surface area contributed by atoms with Crippen molar-refractivity contribution >= 4 is 23.2 Å². The van der Waals surface area contributed by atoms with Crippen molar-refractivity contribution in [2.24, 2.45) is 0 Å². The smallest absolute Gasteiger partial charge is 0.261 e. The maximum Gasteiger partial charge on any atom is 0.261 e. The number of hydrogen-bond donors (Lipinski definition) is 0. The van der Waals surface area contributed by atoms with Crippen molar-refractivity contribution in [3.05, 3.63) is 53.1 Å². The van der Waals surface area contributed by atoms with Crippen LogP contribution in [0.25, 0.3) is 0 Å². The average Bonchev–Trinajstić information content (AvgIpc) is 2.38. The molecule has 0 atom stereocenters. The standard InChI is InChI=1S/C13H12ClN3O/c1-9-6-12(14)11(8-16-9)13(18)17(2)10-4-3-5-15-7-10/h3-8H,1-2H3. The van der Waals surface area contributed by atoms with Crippen LogP contribution < -0.4 is 4.90 Å². The number of carbonyl (C=O) groups excluding carboxylic acids is 1. The van der Waals surface area contributed by atoms with E-state index in [-0.39, 0.29) is 5.91 Å². The quantitative estimate of drug-likeness (QED) is 0.835. The largest absolute Gasteiger partial charge is 0.310 e. The van der Waals surface area contributed by atoms with E-state index in [4.69, 9.17) is 11.6 Å². The molecule has 0 unspecified atom stereocenters. The summed E-state index contributed by atoms with van der Waals surface area (Å²) < 4.78 is 0. The Morgan fingerprint density at radius 3 is 2.78 bits per heavy atom. The Balaban J connectivity index is 2.32. The molecular weight excluding hydrogens is 250 g/mol. The van der Waals surface area contributed by atoms with E-state index in [9.17, 15) is 4.79 Å². The minimum atomic E-state index is -0.208. The molecule has 0 bridgehead atoms. The molecule has 5 heteroatoms. The second kappa shape index (κ2) is 5.14. The highest BCUT2D eigenvalue weighted by molar-refractivity contribution is 6.34. The SMILES string of the molecule is Cc1cc(Cl)c(C(=O)N(C)c2cccnc2)cn1. The van der Waals surface area contributed by atoms with Gasteiger partial charge in [0.2, 0.25) is 0 Å². The van der Waals surface area contributed by atoms with Gasteiger partial charge in [0.1, 0.15) is 0 Å². The van der Waals surface area contributed by atoms with Crippen LogP contribution in [0.4, 0.5) is 5.69 Å². The molecule has 0 saturated carbocycles. The summed E-state index contributed by atoms with van der Waals surface area (Å²) in [7, 11) is 1.68. The zero-order valence-corrected chi connectivity index (χ0v) is 10.8. The lowest BCUT2D eigenvalue weighted by Gasteiger charge is -2.17. The van der Waals surface area contributed by atoms with E-state index in [1.165, 1.54) is 11.1 Å². The molecule has 0 saturated heterocycles. The topological polar surface area (TPSA) is 46.1 Å². The van der Waals surface area contributed by atoms with Gasteiger partial charge < -0.3 is 4.90 Å². The van der Waals surface area contributed by atoms with Crippen molar-refractivity contribution in [3.8, 4) is 0 Å². The molecule has 0 aliphatic carbocycles. The number of carbonyl (C=O) groups is 1. The zero-order valence-electron chi connectivity index (χ0n) is 10.1. The van der Waals surface area contributed by atoms with Crippen LogP contribution in [0.5, 0.6) is 0 Å². The van der Waals surface area contributed by atoms with E-state index < -0.39 is 0 Å². The molecule has 2 heterocycles. The Bertz CT molecular complexity index is 572. The van der Waals surface area contributed by atoms with Crippen LogP contribution in [-0.2, 0) is 0 Å². The molecule has 2 rings (SSSR count). The fourth-order valence-corrected chi connectivity index (χ4v) is 1.82. The summed E-state index contributed by atoms with van der Waals surface area (Å²) in [5.74, 6) is -0.208. The summed E-state index contributed by atoms with van der Waals surface area (Å²) in [4.78, 5) is 21.8. The van der Waals surface area contributed by atoms with Crippen molar-refractivity contribution < 1.29 is 4.79 Å². The number of aromatic nitrogens is 2. The number of pyridine rings is 2. The number of nitrogens with zero attached hydrogens (tertiary/aromatic N) is 3. The lowest BCUT2D eigenvalue weighted by Crippen LogP contribution is -2.26. The van der Waals surface area contributed by atoms with E-state index in [0.29, 0.717) is 16.3 Å². The van der Waals surface area contributed by atoms with Crippen molar-refractivity contribution in [1.29, 1.82) is 0 Å². The summed E-state index contributed by atoms with van der Waals surface area (Å²) in [6.45, 7) is 1.82. The first-order chi connectivity index (χ1) is 8.59. The zero-order chi connectivity index (χ0) is 13.1. The van der Waals surface area contributed by atoms with Gasteiger partial charge in [-0.05, 0) is 25.1 Å². The molecule has 92 valence electrons.